The molecule has 1 heterocycles. The van der Waals surface area contributed by atoms with Crippen LogP contribution in [0.5, 0.6) is 5.88 Å². The van der Waals surface area contributed by atoms with Gasteiger partial charge in [-0.15, -0.1) is 5.10 Å². The van der Waals surface area contributed by atoms with Gasteiger partial charge < -0.3 is 9.64 Å². The van der Waals surface area contributed by atoms with Crippen LogP contribution >= 0.6 is 0 Å². The summed E-state index contributed by atoms with van der Waals surface area (Å²) in [7, 11) is 0. The molecule has 1 aromatic carbocycles. The van der Waals surface area contributed by atoms with Crippen LogP contribution in [0.1, 0.15) is 26.7 Å². The van der Waals surface area contributed by atoms with Crippen LogP contribution in [0.3, 0.4) is 0 Å². The average molecular weight is 315 g/mol. The second-order valence-electron chi connectivity index (χ2n) is 5.34. The lowest BCUT2D eigenvalue weighted by Gasteiger charge is -2.17. The normalized spacial score (nSPS) is 10.9. The summed E-state index contributed by atoms with van der Waals surface area (Å²) in [6, 6.07) is 12.5. The molecule has 2 rings (SSSR count). The van der Waals surface area contributed by atoms with Gasteiger partial charge in [0.2, 0.25) is 5.88 Å². The van der Waals surface area contributed by atoms with E-state index in [9.17, 15) is 4.79 Å². The number of aromatic nitrogens is 2. The molecule has 0 aliphatic heterocycles. The molecule has 5 nitrogen and oxygen atoms in total. The topological polar surface area (TPSA) is 47.4 Å². The molecule has 2 aromatic rings. The summed E-state index contributed by atoms with van der Waals surface area (Å²) in [6.45, 7) is 8.23. The van der Waals surface area contributed by atoms with Gasteiger partial charge >= 0.3 is 0 Å². The van der Waals surface area contributed by atoms with Crippen molar-refractivity contribution >= 4 is 0 Å². The van der Waals surface area contributed by atoms with Crippen LogP contribution in [-0.4, -0.2) is 40.9 Å². The van der Waals surface area contributed by atoms with E-state index in [2.05, 4.69) is 23.8 Å². The molecule has 23 heavy (non-hydrogen) atoms. The van der Waals surface area contributed by atoms with Crippen molar-refractivity contribution in [3.8, 4) is 11.6 Å². The number of hydrogen-bond donors (Lipinski definition) is 0. The number of para-hydroxylation sites is 1. The predicted octanol–water partition coefficient (Wildman–Crippen LogP) is 2.73. The van der Waals surface area contributed by atoms with E-state index in [0.717, 1.165) is 38.2 Å². The van der Waals surface area contributed by atoms with E-state index in [-0.39, 0.29) is 5.56 Å². The van der Waals surface area contributed by atoms with Crippen molar-refractivity contribution in [2.24, 2.45) is 0 Å². The first-order valence-electron chi connectivity index (χ1n) is 8.25. The third kappa shape index (κ3) is 5.21. The van der Waals surface area contributed by atoms with Gasteiger partial charge in [0.1, 0.15) is 0 Å². The molecule has 0 aliphatic carbocycles. The van der Waals surface area contributed by atoms with Crippen LogP contribution < -0.4 is 10.3 Å². The van der Waals surface area contributed by atoms with Gasteiger partial charge in [0, 0.05) is 12.1 Å². The van der Waals surface area contributed by atoms with E-state index in [0.29, 0.717) is 12.5 Å². The smallest absolute Gasteiger partial charge is 0.271 e. The molecule has 1 aromatic heterocycles. The van der Waals surface area contributed by atoms with Gasteiger partial charge in [-0.3, -0.25) is 4.79 Å². The standard InChI is InChI=1S/C18H25N3O2/c1-3-20(4-2)14-8-9-15-23-17-12-13-18(22)21(19-17)16-10-6-5-7-11-16/h5-7,10-13H,3-4,8-9,14-15H2,1-2H3. The van der Waals surface area contributed by atoms with E-state index < -0.39 is 0 Å². The fourth-order valence-electron chi connectivity index (χ4n) is 2.38. The molecule has 0 aliphatic rings. The van der Waals surface area contributed by atoms with Crippen molar-refractivity contribution in [1.29, 1.82) is 0 Å². The minimum absolute atomic E-state index is 0.162. The minimum atomic E-state index is -0.162. The summed E-state index contributed by atoms with van der Waals surface area (Å²) in [4.78, 5) is 14.3. The minimum Gasteiger partial charge on any atom is -0.477 e. The maximum Gasteiger partial charge on any atom is 0.271 e. The Morgan fingerprint density at radius 3 is 2.48 bits per heavy atom. The van der Waals surface area contributed by atoms with Gasteiger partial charge in [-0.1, -0.05) is 32.0 Å². The van der Waals surface area contributed by atoms with Crippen molar-refractivity contribution in [1.82, 2.24) is 14.7 Å². The SMILES string of the molecule is CCN(CC)CCCCOc1ccc(=O)n(-c2ccccc2)n1. The number of ether oxygens (including phenoxy) is 1. The van der Waals surface area contributed by atoms with E-state index in [1.54, 1.807) is 6.07 Å². The molecular formula is C18H25N3O2. The fourth-order valence-corrected chi connectivity index (χ4v) is 2.38. The fraction of sp³-hybridized carbons (Fsp3) is 0.444. The molecular weight excluding hydrogens is 290 g/mol. The molecule has 0 spiro atoms. The van der Waals surface area contributed by atoms with Crippen molar-refractivity contribution in [3.05, 3.63) is 52.8 Å². The second kappa shape index (κ2) is 9.10. The van der Waals surface area contributed by atoms with Crippen LogP contribution in [0.2, 0.25) is 0 Å². The van der Waals surface area contributed by atoms with Gasteiger partial charge in [-0.05, 0) is 44.6 Å². The third-order valence-corrected chi connectivity index (χ3v) is 3.79. The zero-order valence-corrected chi connectivity index (χ0v) is 13.9. The Morgan fingerprint density at radius 2 is 1.78 bits per heavy atom. The molecule has 0 radical (unpaired) electrons. The molecule has 0 amide bonds. The zero-order valence-electron chi connectivity index (χ0n) is 13.9. The van der Waals surface area contributed by atoms with Crippen LogP contribution in [-0.2, 0) is 0 Å². The highest BCUT2D eigenvalue weighted by Gasteiger charge is 2.04. The Hall–Kier alpha value is -2.14. The third-order valence-electron chi connectivity index (χ3n) is 3.79. The van der Waals surface area contributed by atoms with E-state index in [1.807, 2.05) is 30.3 Å². The molecule has 5 heteroatoms. The maximum absolute atomic E-state index is 11.9. The number of hydrogen-bond acceptors (Lipinski definition) is 4. The van der Waals surface area contributed by atoms with Gasteiger partial charge in [-0.2, -0.15) is 4.68 Å². The largest absolute Gasteiger partial charge is 0.477 e. The first-order valence-corrected chi connectivity index (χ1v) is 8.25. The summed E-state index contributed by atoms with van der Waals surface area (Å²) in [5.74, 6) is 0.483. The lowest BCUT2D eigenvalue weighted by molar-refractivity contribution is 0.258. The predicted molar refractivity (Wildman–Crippen MR) is 92.4 cm³/mol. The van der Waals surface area contributed by atoms with Crippen molar-refractivity contribution in [2.75, 3.05) is 26.2 Å². The summed E-state index contributed by atoms with van der Waals surface area (Å²) >= 11 is 0. The molecule has 0 N–H and O–H groups in total. The molecule has 0 bridgehead atoms. The zero-order chi connectivity index (χ0) is 16.5. The number of nitrogens with zero attached hydrogens (tertiary/aromatic N) is 3. The van der Waals surface area contributed by atoms with Gasteiger partial charge in [0.15, 0.2) is 0 Å². The number of rotatable bonds is 9. The molecule has 0 saturated carbocycles. The Morgan fingerprint density at radius 1 is 1.04 bits per heavy atom. The number of unbranched alkanes of at least 4 members (excludes halogenated alkanes) is 1. The van der Waals surface area contributed by atoms with Crippen molar-refractivity contribution in [3.63, 3.8) is 0 Å². The van der Waals surface area contributed by atoms with E-state index >= 15 is 0 Å². The summed E-state index contributed by atoms with van der Waals surface area (Å²) in [5, 5.41) is 4.28. The van der Waals surface area contributed by atoms with Crippen LogP contribution in [0.25, 0.3) is 5.69 Å². The molecule has 0 unspecified atom stereocenters. The Balaban J connectivity index is 1.88. The van der Waals surface area contributed by atoms with E-state index in [1.165, 1.54) is 10.7 Å². The summed E-state index contributed by atoms with van der Waals surface area (Å²) < 4.78 is 7.05. The highest BCUT2D eigenvalue weighted by atomic mass is 16.5. The van der Waals surface area contributed by atoms with Crippen molar-refractivity contribution in [2.45, 2.75) is 26.7 Å². The quantitative estimate of drug-likeness (QED) is 0.668. The lowest BCUT2D eigenvalue weighted by atomic mass is 10.3. The monoisotopic (exact) mass is 315 g/mol. The lowest BCUT2D eigenvalue weighted by Crippen LogP contribution is -2.24. The maximum atomic E-state index is 11.9. The summed E-state index contributed by atoms with van der Waals surface area (Å²) in [5.41, 5.74) is 0.578. The van der Waals surface area contributed by atoms with E-state index in [4.69, 9.17) is 4.74 Å². The number of benzene rings is 1. The molecule has 0 fully saturated rings. The Labute approximate surface area is 137 Å². The van der Waals surface area contributed by atoms with Crippen LogP contribution in [0.4, 0.5) is 0 Å². The first kappa shape index (κ1) is 17.2. The van der Waals surface area contributed by atoms with Crippen LogP contribution in [0, 0.1) is 0 Å². The first-order chi connectivity index (χ1) is 11.2. The highest BCUT2D eigenvalue weighted by molar-refractivity contribution is 5.30. The molecule has 0 saturated heterocycles. The Bertz CT molecular complexity index is 636. The van der Waals surface area contributed by atoms with Crippen LogP contribution in [0.15, 0.2) is 47.3 Å². The second-order valence-corrected chi connectivity index (χ2v) is 5.34. The average Bonchev–Trinajstić information content (AvgIpc) is 2.60. The van der Waals surface area contributed by atoms with Gasteiger partial charge in [-0.25, -0.2) is 0 Å². The summed E-state index contributed by atoms with van der Waals surface area (Å²) in [6.07, 6.45) is 2.07. The Kier molecular flexibility index (Phi) is 6.81. The van der Waals surface area contributed by atoms with Crippen molar-refractivity contribution < 1.29 is 4.74 Å². The molecule has 124 valence electrons. The highest BCUT2D eigenvalue weighted by Crippen LogP contribution is 2.07. The van der Waals surface area contributed by atoms with Gasteiger partial charge in [0.25, 0.3) is 5.56 Å². The molecule has 0 atom stereocenters. The van der Waals surface area contributed by atoms with Gasteiger partial charge in [0.05, 0.1) is 12.3 Å².